The predicted molar refractivity (Wildman–Crippen MR) is 177 cm³/mol. The molecule has 1 aliphatic rings. The van der Waals surface area contributed by atoms with Gasteiger partial charge in [0.1, 0.15) is 0 Å². The number of benzene rings is 6. The lowest BCUT2D eigenvalue weighted by molar-refractivity contribution is 0.00578. The molecule has 0 N–H and O–H groups in total. The summed E-state index contributed by atoms with van der Waals surface area (Å²) in [6.07, 6.45) is 0. The molecule has 1 aromatic heterocycles. The van der Waals surface area contributed by atoms with Crippen LogP contribution in [0.2, 0.25) is 0 Å². The van der Waals surface area contributed by atoms with Crippen molar-refractivity contribution in [3.8, 4) is 16.8 Å². The maximum Gasteiger partial charge on any atom is 0.494 e. The van der Waals surface area contributed by atoms with Gasteiger partial charge in [0.2, 0.25) is 0 Å². The summed E-state index contributed by atoms with van der Waals surface area (Å²) < 4.78 is 15.5. The van der Waals surface area contributed by atoms with E-state index >= 15 is 0 Å². The van der Waals surface area contributed by atoms with Gasteiger partial charge >= 0.3 is 7.12 Å². The lowest BCUT2D eigenvalue weighted by Crippen LogP contribution is -2.41. The van der Waals surface area contributed by atoms with Gasteiger partial charge in [-0.2, -0.15) is 0 Å². The topological polar surface area (TPSA) is 23.4 Å². The summed E-state index contributed by atoms with van der Waals surface area (Å²) in [5.41, 5.74) is 5.99. The normalized spacial score (nSPS) is 16.2. The third-order valence-electron chi connectivity index (χ3n) is 9.42. The molecule has 6 aromatic carbocycles. The number of rotatable bonds is 3. The van der Waals surface area contributed by atoms with Crippen molar-refractivity contribution in [1.82, 2.24) is 4.57 Å². The highest BCUT2D eigenvalue weighted by molar-refractivity contribution is 6.62. The van der Waals surface area contributed by atoms with Gasteiger partial charge in [-0.05, 0) is 78.5 Å². The van der Waals surface area contributed by atoms with Crippen LogP contribution in [0.4, 0.5) is 0 Å². The highest BCUT2D eigenvalue weighted by Gasteiger charge is 2.51. The van der Waals surface area contributed by atoms with Gasteiger partial charge in [-0.3, -0.25) is 0 Å². The van der Waals surface area contributed by atoms with Gasteiger partial charge in [0.15, 0.2) is 0 Å². The molecule has 1 aliphatic heterocycles. The summed E-state index contributed by atoms with van der Waals surface area (Å²) in [6.45, 7) is 8.43. The van der Waals surface area contributed by atoms with E-state index in [4.69, 9.17) is 9.31 Å². The van der Waals surface area contributed by atoms with E-state index < -0.39 is 18.3 Å². The van der Waals surface area contributed by atoms with Crippen molar-refractivity contribution in [2.45, 2.75) is 38.9 Å². The largest absolute Gasteiger partial charge is 0.494 e. The average Bonchev–Trinajstić information content (AvgIpc) is 3.47. The molecule has 7 aromatic rings. The van der Waals surface area contributed by atoms with Crippen LogP contribution in [0, 0.1) is 0 Å². The van der Waals surface area contributed by atoms with Gasteiger partial charge in [-0.15, -0.1) is 0 Å². The highest BCUT2D eigenvalue weighted by atomic mass is 16.7. The molecule has 42 heavy (non-hydrogen) atoms. The van der Waals surface area contributed by atoms with E-state index in [0.29, 0.717) is 0 Å². The first-order valence-electron chi connectivity index (χ1n) is 14.7. The Kier molecular flexibility index (Phi) is 5.47. The van der Waals surface area contributed by atoms with E-state index in [1.165, 1.54) is 48.9 Å². The van der Waals surface area contributed by atoms with Crippen molar-refractivity contribution in [2.75, 3.05) is 0 Å². The van der Waals surface area contributed by atoms with E-state index in [2.05, 4.69) is 154 Å². The maximum absolute atomic E-state index is 6.53. The van der Waals surface area contributed by atoms with Gasteiger partial charge in [-0.25, -0.2) is 0 Å². The van der Waals surface area contributed by atoms with Crippen molar-refractivity contribution in [1.29, 1.82) is 0 Å². The molecule has 0 saturated carbocycles. The Balaban J connectivity index is 1.50. The Morgan fingerprint density at radius 3 is 1.64 bits per heavy atom. The zero-order valence-electron chi connectivity index (χ0n) is 24.4. The van der Waals surface area contributed by atoms with Crippen LogP contribution in [-0.2, 0) is 9.31 Å². The summed E-state index contributed by atoms with van der Waals surface area (Å²) >= 11 is 0. The van der Waals surface area contributed by atoms with Crippen LogP contribution >= 0.6 is 0 Å². The van der Waals surface area contributed by atoms with E-state index in [1.54, 1.807) is 0 Å². The molecule has 1 saturated heterocycles. The van der Waals surface area contributed by atoms with Crippen LogP contribution in [0.1, 0.15) is 27.7 Å². The molecule has 0 unspecified atom stereocenters. The third-order valence-corrected chi connectivity index (χ3v) is 9.42. The SMILES string of the molecule is CC1(C)OB(c2ccc(-c3ccccc3)c(-n3c4ccc5ccccc5c4c4c5ccccc5ccc43)c2)OC1(C)C. The van der Waals surface area contributed by atoms with Crippen LogP contribution in [0.5, 0.6) is 0 Å². The van der Waals surface area contributed by atoms with E-state index in [1.807, 2.05) is 0 Å². The fourth-order valence-corrected chi connectivity index (χ4v) is 6.53. The lowest BCUT2D eigenvalue weighted by Gasteiger charge is -2.32. The molecule has 1 fully saturated rings. The van der Waals surface area contributed by atoms with Gasteiger partial charge in [0, 0.05) is 16.3 Å². The molecule has 0 radical (unpaired) electrons. The van der Waals surface area contributed by atoms with Crippen molar-refractivity contribution in [2.24, 2.45) is 0 Å². The van der Waals surface area contributed by atoms with Crippen molar-refractivity contribution < 1.29 is 9.31 Å². The van der Waals surface area contributed by atoms with Crippen LogP contribution in [0.3, 0.4) is 0 Å². The first kappa shape index (κ1) is 25.3. The third kappa shape index (κ3) is 3.69. The minimum atomic E-state index is -0.451. The zero-order chi connectivity index (χ0) is 28.6. The van der Waals surface area contributed by atoms with E-state index in [0.717, 1.165) is 16.7 Å². The van der Waals surface area contributed by atoms with Crippen LogP contribution in [-0.4, -0.2) is 22.9 Å². The van der Waals surface area contributed by atoms with Gasteiger partial charge in [-0.1, -0.05) is 103 Å². The molecule has 0 aliphatic carbocycles. The molecule has 4 heteroatoms. The number of hydrogen-bond acceptors (Lipinski definition) is 2. The number of nitrogens with zero attached hydrogens (tertiary/aromatic N) is 1. The Hall–Kier alpha value is -4.38. The van der Waals surface area contributed by atoms with Crippen molar-refractivity contribution in [3.05, 3.63) is 121 Å². The number of fused-ring (bicyclic) bond motifs is 7. The lowest BCUT2D eigenvalue weighted by atomic mass is 9.78. The molecule has 0 bridgehead atoms. The highest BCUT2D eigenvalue weighted by Crippen LogP contribution is 2.42. The predicted octanol–water partition coefficient (Wildman–Crippen LogP) is 9.06. The summed E-state index contributed by atoms with van der Waals surface area (Å²) in [4.78, 5) is 0. The van der Waals surface area contributed by atoms with E-state index in [-0.39, 0.29) is 0 Å². The summed E-state index contributed by atoms with van der Waals surface area (Å²) in [7, 11) is -0.451. The molecule has 0 spiro atoms. The standard InChI is InChI=1S/C38H32BNO2/c1-37(2)38(3,4)42-39(41-37)28-20-21-29(25-12-6-5-7-13-25)34(24-28)40-32-22-18-26-14-8-10-16-30(26)35(32)36-31-17-11-9-15-27(31)19-23-33(36)40/h5-24H,1-4H3. The molecule has 204 valence electrons. The minimum Gasteiger partial charge on any atom is -0.399 e. The second-order valence-corrected chi connectivity index (χ2v) is 12.4. The minimum absolute atomic E-state index is 0.416. The van der Waals surface area contributed by atoms with Crippen LogP contribution < -0.4 is 5.46 Å². The zero-order valence-corrected chi connectivity index (χ0v) is 24.4. The van der Waals surface area contributed by atoms with Crippen LogP contribution in [0.25, 0.3) is 60.2 Å². The average molecular weight is 545 g/mol. The van der Waals surface area contributed by atoms with E-state index in [9.17, 15) is 0 Å². The number of hydrogen-bond donors (Lipinski definition) is 0. The summed E-state index contributed by atoms with van der Waals surface area (Å²) in [6, 6.07) is 43.8. The molecule has 0 atom stereocenters. The summed E-state index contributed by atoms with van der Waals surface area (Å²) in [5.74, 6) is 0. The van der Waals surface area contributed by atoms with Gasteiger partial charge in [0.05, 0.1) is 27.9 Å². The quantitative estimate of drug-likeness (QED) is 0.207. The molecular formula is C38H32BNO2. The fourth-order valence-electron chi connectivity index (χ4n) is 6.53. The van der Waals surface area contributed by atoms with Gasteiger partial charge < -0.3 is 13.9 Å². The van der Waals surface area contributed by atoms with Crippen molar-refractivity contribution >= 4 is 55.9 Å². The fraction of sp³-hybridized carbons (Fsp3) is 0.158. The Labute approximate surface area is 246 Å². The molecular weight excluding hydrogens is 513 g/mol. The van der Waals surface area contributed by atoms with Crippen molar-refractivity contribution in [3.63, 3.8) is 0 Å². The molecule has 0 amide bonds. The molecule has 8 rings (SSSR count). The second-order valence-electron chi connectivity index (χ2n) is 12.4. The summed E-state index contributed by atoms with van der Waals surface area (Å²) in [5, 5.41) is 7.56. The maximum atomic E-state index is 6.53. The Morgan fingerprint density at radius 1 is 0.548 bits per heavy atom. The smallest absolute Gasteiger partial charge is 0.399 e. The molecule has 3 nitrogen and oxygen atoms in total. The molecule has 2 heterocycles. The second kappa shape index (κ2) is 9.06. The first-order chi connectivity index (χ1) is 20.3. The monoisotopic (exact) mass is 545 g/mol. The van der Waals surface area contributed by atoms with Crippen LogP contribution in [0.15, 0.2) is 121 Å². The Bertz CT molecular complexity index is 2050. The first-order valence-corrected chi connectivity index (χ1v) is 14.7. The number of aromatic nitrogens is 1. The van der Waals surface area contributed by atoms with Gasteiger partial charge in [0.25, 0.3) is 0 Å². The Morgan fingerprint density at radius 2 is 1.07 bits per heavy atom.